The van der Waals surface area contributed by atoms with Crippen LogP contribution >= 0.6 is 0 Å². The number of hydrogen-bond donors (Lipinski definition) is 2. The van der Waals surface area contributed by atoms with Crippen LogP contribution in [0.25, 0.3) is 0 Å². The molecule has 0 amide bonds. The number of rotatable bonds is 7. The minimum atomic E-state index is -0.929. The third-order valence-corrected chi connectivity index (χ3v) is 3.86. The number of H-pyrrole nitrogens is 1. The number of aryl methyl sites for hydroxylation is 1. The lowest BCUT2D eigenvalue weighted by Crippen LogP contribution is -2.37. The molecule has 2 rings (SSSR count). The van der Waals surface area contributed by atoms with Crippen molar-refractivity contribution in [2.45, 2.75) is 26.9 Å². The van der Waals surface area contributed by atoms with Crippen molar-refractivity contribution in [3.63, 3.8) is 0 Å². The molecule has 0 aromatic carbocycles. The maximum atomic E-state index is 12.6. The number of methoxy groups -OCH3 is 1. The Hall–Kier alpha value is -3.28. The van der Waals surface area contributed by atoms with Gasteiger partial charge in [-0.05, 0) is 13.8 Å². The average molecular weight is 366 g/mol. The van der Waals surface area contributed by atoms with E-state index in [1.807, 2.05) is 4.98 Å². The fraction of sp³-hybridized carbons (Fsp3) is 0.429. The van der Waals surface area contributed by atoms with Gasteiger partial charge in [-0.25, -0.2) is 4.79 Å². The van der Waals surface area contributed by atoms with Gasteiger partial charge in [-0.2, -0.15) is 5.10 Å². The molecule has 0 unspecified atom stereocenters. The van der Waals surface area contributed by atoms with Gasteiger partial charge in [0.05, 0.1) is 18.1 Å². The van der Waals surface area contributed by atoms with Crippen molar-refractivity contribution in [2.75, 3.05) is 19.5 Å². The predicted octanol–water partition coefficient (Wildman–Crippen LogP) is -0.630. The zero-order valence-corrected chi connectivity index (χ0v) is 14.4. The second-order valence-electron chi connectivity index (χ2n) is 5.52. The van der Waals surface area contributed by atoms with Crippen molar-refractivity contribution < 1.29 is 14.5 Å². The Morgan fingerprint density at radius 2 is 2.04 bits per heavy atom. The van der Waals surface area contributed by atoms with Gasteiger partial charge in [-0.3, -0.25) is 33.9 Å². The summed E-state index contributed by atoms with van der Waals surface area (Å²) in [6.07, 6.45) is 0. The number of ketones is 1. The molecule has 12 heteroatoms. The van der Waals surface area contributed by atoms with E-state index >= 15 is 0 Å². The second kappa shape index (κ2) is 7.31. The number of carbonyl (C=O) groups excluding carboxylic acids is 1. The van der Waals surface area contributed by atoms with Crippen molar-refractivity contribution in [1.82, 2.24) is 19.3 Å². The summed E-state index contributed by atoms with van der Waals surface area (Å²) < 4.78 is 7.01. The number of nitro groups is 1. The van der Waals surface area contributed by atoms with E-state index in [9.17, 15) is 24.5 Å². The minimum absolute atomic E-state index is 0.0452. The quantitative estimate of drug-likeness (QED) is 0.371. The lowest BCUT2D eigenvalue weighted by Gasteiger charge is -2.11. The van der Waals surface area contributed by atoms with Crippen LogP contribution in [0, 0.1) is 24.0 Å². The highest BCUT2D eigenvalue weighted by Gasteiger charge is 2.25. The van der Waals surface area contributed by atoms with Gasteiger partial charge in [0.25, 0.3) is 5.56 Å². The number of carbonyl (C=O) groups is 1. The molecule has 0 saturated heterocycles. The zero-order valence-electron chi connectivity index (χ0n) is 14.4. The number of anilines is 1. The maximum absolute atomic E-state index is 12.6. The molecule has 0 aliphatic heterocycles. The summed E-state index contributed by atoms with van der Waals surface area (Å²) in [6.45, 7) is 2.64. The monoisotopic (exact) mass is 366 g/mol. The SMILES string of the molecule is COCCn1c(N)c(C(=O)Cn2nc(C)c([N+](=O)[O-])c2C)c(=O)[nH]c1=O. The molecule has 0 saturated carbocycles. The van der Waals surface area contributed by atoms with E-state index in [0.717, 1.165) is 9.25 Å². The normalized spacial score (nSPS) is 10.9. The van der Waals surface area contributed by atoms with Crippen LogP contribution in [0.5, 0.6) is 0 Å². The molecule has 0 atom stereocenters. The summed E-state index contributed by atoms with van der Waals surface area (Å²) in [6, 6.07) is 0. The van der Waals surface area contributed by atoms with Gasteiger partial charge in [-0.15, -0.1) is 0 Å². The van der Waals surface area contributed by atoms with Gasteiger partial charge < -0.3 is 10.5 Å². The molecule has 3 N–H and O–H groups in total. The van der Waals surface area contributed by atoms with Crippen molar-refractivity contribution >= 4 is 17.3 Å². The highest BCUT2D eigenvalue weighted by atomic mass is 16.6. The molecule has 26 heavy (non-hydrogen) atoms. The van der Waals surface area contributed by atoms with E-state index < -0.39 is 34.1 Å². The molecule has 0 radical (unpaired) electrons. The number of nitrogens with zero attached hydrogens (tertiary/aromatic N) is 4. The smallest absolute Gasteiger partial charge is 0.330 e. The Balaban J connectivity index is 2.45. The Kier molecular flexibility index (Phi) is 5.35. The molecule has 12 nitrogen and oxygen atoms in total. The van der Waals surface area contributed by atoms with Crippen LogP contribution in [0.15, 0.2) is 9.59 Å². The second-order valence-corrected chi connectivity index (χ2v) is 5.52. The molecule has 0 aliphatic rings. The van der Waals surface area contributed by atoms with E-state index in [-0.39, 0.29) is 36.0 Å². The highest BCUT2D eigenvalue weighted by Crippen LogP contribution is 2.22. The van der Waals surface area contributed by atoms with Crippen LogP contribution in [-0.4, -0.2) is 43.8 Å². The number of Topliss-reactive ketones (excluding diaryl/α,β-unsaturated/α-hetero) is 1. The van der Waals surface area contributed by atoms with Crippen LogP contribution in [0.3, 0.4) is 0 Å². The lowest BCUT2D eigenvalue weighted by molar-refractivity contribution is -0.386. The third kappa shape index (κ3) is 3.39. The van der Waals surface area contributed by atoms with E-state index in [0.29, 0.717) is 0 Å². The molecule has 2 aromatic rings. The minimum Gasteiger partial charge on any atom is -0.384 e. The topological polar surface area (TPSA) is 168 Å². The first-order valence-corrected chi connectivity index (χ1v) is 7.52. The van der Waals surface area contributed by atoms with Crippen molar-refractivity contribution in [3.8, 4) is 0 Å². The van der Waals surface area contributed by atoms with Crippen LogP contribution in [0.4, 0.5) is 11.5 Å². The Morgan fingerprint density at radius 1 is 1.38 bits per heavy atom. The Labute approximate surface area is 146 Å². The fourth-order valence-electron chi connectivity index (χ4n) is 2.58. The molecule has 2 heterocycles. The Morgan fingerprint density at radius 3 is 2.58 bits per heavy atom. The van der Waals surface area contributed by atoms with Gasteiger partial charge in [0, 0.05) is 7.11 Å². The zero-order chi connectivity index (χ0) is 19.6. The summed E-state index contributed by atoms with van der Waals surface area (Å²) in [5.41, 5.74) is 3.85. The number of aromatic nitrogens is 4. The number of nitrogens with two attached hydrogens (primary N) is 1. The molecule has 2 aromatic heterocycles. The molecular formula is C14H18N6O6. The molecule has 140 valence electrons. The standard InChI is InChI=1S/C14H18N6O6/c1-7-11(20(24)25)8(2)19(17-7)6-9(21)10-12(15)18(4-5-26-3)14(23)16-13(10)22/h4-6,15H2,1-3H3,(H,16,22,23). The summed E-state index contributed by atoms with van der Waals surface area (Å²) in [5.74, 6) is -1.02. The first-order chi connectivity index (χ1) is 12.2. The van der Waals surface area contributed by atoms with Gasteiger partial charge >= 0.3 is 11.4 Å². The largest absolute Gasteiger partial charge is 0.384 e. The number of ether oxygens (including phenoxy) is 1. The van der Waals surface area contributed by atoms with E-state index in [1.54, 1.807) is 0 Å². The van der Waals surface area contributed by atoms with Crippen LogP contribution < -0.4 is 17.0 Å². The fourth-order valence-corrected chi connectivity index (χ4v) is 2.58. The number of aromatic amines is 1. The number of nitrogen functional groups attached to an aromatic ring is 1. The van der Waals surface area contributed by atoms with Crippen molar-refractivity contribution in [2.24, 2.45) is 0 Å². The number of nitrogens with one attached hydrogen (secondary N) is 1. The molecule has 0 bridgehead atoms. The van der Waals surface area contributed by atoms with Gasteiger partial charge in [0.2, 0.25) is 0 Å². The lowest BCUT2D eigenvalue weighted by atomic mass is 10.2. The summed E-state index contributed by atoms with van der Waals surface area (Å²) in [4.78, 5) is 48.9. The number of hydrogen-bond acceptors (Lipinski definition) is 8. The third-order valence-electron chi connectivity index (χ3n) is 3.86. The summed E-state index contributed by atoms with van der Waals surface area (Å²) in [5, 5.41) is 15.0. The first kappa shape index (κ1) is 19.1. The van der Waals surface area contributed by atoms with Crippen LogP contribution in [0.2, 0.25) is 0 Å². The van der Waals surface area contributed by atoms with Crippen LogP contribution in [0.1, 0.15) is 21.7 Å². The predicted molar refractivity (Wildman–Crippen MR) is 90.3 cm³/mol. The van der Waals surface area contributed by atoms with E-state index in [2.05, 4.69) is 5.10 Å². The molecule has 0 spiro atoms. The van der Waals surface area contributed by atoms with Crippen molar-refractivity contribution in [3.05, 3.63) is 47.9 Å². The van der Waals surface area contributed by atoms with Gasteiger partial charge in [-0.1, -0.05) is 0 Å². The molecule has 0 fully saturated rings. The Bertz CT molecular complexity index is 985. The van der Waals surface area contributed by atoms with Crippen molar-refractivity contribution in [1.29, 1.82) is 0 Å². The van der Waals surface area contributed by atoms with Gasteiger partial charge in [0.15, 0.2) is 5.78 Å². The first-order valence-electron chi connectivity index (χ1n) is 7.52. The highest BCUT2D eigenvalue weighted by molar-refractivity contribution is 5.99. The summed E-state index contributed by atoms with van der Waals surface area (Å²) >= 11 is 0. The average Bonchev–Trinajstić information content (AvgIpc) is 2.80. The molecule has 0 aliphatic carbocycles. The van der Waals surface area contributed by atoms with Gasteiger partial charge in [0.1, 0.15) is 29.3 Å². The van der Waals surface area contributed by atoms with E-state index in [4.69, 9.17) is 10.5 Å². The maximum Gasteiger partial charge on any atom is 0.330 e. The van der Waals surface area contributed by atoms with E-state index in [1.165, 1.54) is 21.0 Å². The molecular weight excluding hydrogens is 348 g/mol. The van der Waals surface area contributed by atoms with Crippen LogP contribution in [-0.2, 0) is 17.8 Å². The summed E-state index contributed by atoms with van der Waals surface area (Å²) in [7, 11) is 1.43.